The second-order valence-corrected chi connectivity index (χ2v) is 15.7. The minimum Gasteiger partial charge on any atom is -0.469 e. The van der Waals surface area contributed by atoms with Gasteiger partial charge in [0.2, 0.25) is 20.0 Å². The predicted octanol–water partition coefficient (Wildman–Crippen LogP) is 1.68. The number of hydrogen-bond acceptors (Lipinski definition) is 12. The van der Waals surface area contributed by atoms with Crippen LogP contribution in [-0.4, -0.2) is 91.4 Å². The Kier molecular flexibility index (Phi) is 19.9. The van der Waals surface area contributed by atoms with Crippen molar-refractivity contribution in [3.8, 4) is 0 Å². The van der Waals surface area contributed by atoms with Crippen LogP contribution < -0.4 is 9.44 Å². The summed E-state index contributed by atoms with van der Waals surface area (Å²) in [4.78, 5) is 31.8. The molecule has 45 heavy (non-hydrogen) atoms. The average Bonchev–Trinajstić information content (AvgIpc) is 3.01. The molecule has 2 aromatic rings. The van der Waals surface area contributed by atoms with Crippen LogP contribution in [0.2, 0.25) is 0 Å². The monoisotopic (exact) mass is 692 g/mol. The third-order valence-electron chi connectivity index (χ3n) is 5.44. The maximum Gasteiger partial charge on any atom is 0.330 e. The number of aldehydes is 1. The highest BCUT2D eigenvalue weighted by Crippen LogP contribution is 2.42. The number of carbonyl (C=O) groups is 3. The van der Waals surface area contributed by atoms with Gasteiger partial charge in [-0.3, -0.25) is 4.79 Å². The minimum atomic E-state index is -3.48. The van der Waals surface area contributed by atoms with Gasteiger partial charge in [-0.2, -0.15) is 0 Å². The molecular weight excluding hydrogens is 651 g/mol. The van der Waals surface area contributed by atoms with E-state index in [1.165, 1.54) is 13.2 Å². The smallest absolute Gasteiger partial charge is 0.330 e. The van der Waals surface area contributed by atoms with Crippen LogP contribution in [0.25, 0.3) is 0 Å². The summed E-state index contributed by atoms with van der Waals surface area (Å²) in [5, 5.41) is 17.0. The zero-order chi connectivity index (χ0) is 34.5. The lowest BCUT2D eigenvalue weighted by molar-refractivity contribution is -0.137. The third-order valence-corrected chi connectivity index (χ3v) is 10.3. The Morgan fingerprint density at radius 1 is 0.778 bits per heavy atom. The fourth-order valence-corrected chi connectivity index (χ4v) is 5.81. The number of aryl methyl sites for hydroxylation is 2. The molecule has 14 nitrogen and oxygen atoms in total. The van der Waals surface area contributed by atoms with Crippen LogP contribution in [0.5, 0.6) is 0 Å². The lowest BCUT2D eigenvalue weighted by Gasteiger charge is -2.09. The predicted molar refractivity (Wildman–Crippen MR) is 168 cm³/mol. The Morgan fingerprint density at radius 2 is 1.20 bits per heavy atom. The van der Waals surface area contributed by atoms with Gasteiger partial charge < -0.3 is 29.0 Å². The molecule has 0 aliphatic carbocycles. The fourth-order valence-electron chi connectivity index (χ4n) is 2.82. The van der Waals surface area contributed by atoms with E-state index in [1.807, 2.05) is 13.8 Å². The minimum absolute atomic E-state index is 0.139. The van der Waals surface area contributed by atoms with Crippen molar-refractivity contribution in [2.75, 3.05) is 46.2 Å². The number of sulfonamides is 2. The van der Waals surface area contributed by atoms with Gasteiger partial charge in [0.1, 0.15) is 19.6 Å². The molecule has 4 N–H and O–H groups in total. The first-order chi connectivity index (χ1) is 21.1. The van der Waals surface area contributed by atoms with E-state index in [1.54, 1.807) is 54.6 Å². The van der Waals surface area contributed by atoms with Crippen molar-refractivity contribution in [2.24, 2.45) is 0 Å². The van der Waals surface area contributed by atoms with Crippen molar-refractivity contribution in [3.63, 3.8) is 0 Å². The summed E-state index contributed by atoms with van der Waals surface area (Å²) in [6.07, 6.45) is 2.36. The molecule has 0 spiro atoms. The third kappa shape index (κ3) is 17.7. The number of rotatable bonds is 15. The summed E-state index contributed by atoms with van der Waals surface area (Å²) in [6.45, 7) is 4.14. The summed E-state index contributed by atoms with van der Waals surface area (Å²) in [5.74, 6) is -1.14. The van der Waals surface area contributed by atoms with Crippen molar-refractivity contribution in [2.45, 2.75) is 36.5 Å². The number of hydrogen-bond donors (Lipinski definition) is 4. The lowest BCUT2D eigenvalue weighted by atomic mass is 10.2. The van der Waals surface area contributed by atoms with Crippen molar-refractivity contribution in [1.29, 1.82) is 0 Å². The van der Waals surface area contributed by atoms with E-state index in [0.717, 1.165) is 18.2 Å². The summed E-state index contributed by atoms with van der Waals surface area (Å²) in [7, 11) is -7.62. The van der Waals surface area contributed by atoms with Crippen LogP contribution in [0.3, 0.4) is 0 Å². The topological polar surface area (TPSA) is 220 Å². The molecule has 0 radical (unpaired) electrons. The van der Waals surface area contributed by atoms with Gasteiger partial charge in [0.25, 0.3) is 0 Å². The highest BCUT2D eigenvalue weighted by Gasteiger charge is 2.24. The molecule has 0 aromatic heterocycles. The SMILES string of the molecule is COC(=O)/C=C/CCNS(=O)(=O)c1ccc(C)cc1.COC(=O)CP(=O)(CO)CO.Cc1ccc(S(=O)(=O)NCCC=O)cc1. The standard InChI is InChI=1S/C13H17NO4S.C10H13NO3S.C5H11O5P/c1-11-6-8-12(9-7-11)19(16,17)14-10-4-3-5-13(15)18-2;1-9-3-5-10(6-4-9)15(13,14)11-7-2-8-12;1-10-5(8)2-11(9,3-6)4-7/h3,5-9,14H,4,10H2,1-2H3;3-6,8,11H,2,7H2,1H3;6-7H,2-4H2,1H3/b5-3+;;. The van der Waals surface area contributed by atoms with Crippen LogP contribution in [0.4, 0.5) is 0 Å². The van der Waals surface area contributed by atoms with Crippen LogP contribution >= 0.6 is 7.14 Å². The summed E-state index contributed by atoms with van der Waals surface area (Å²) < 4.78 is 71.5. The first kappa shape index (κ1) is 41.8. The average molecular weight is 693 g/mol. The first-order valence-electron chi connectivity index (χ1n) is 13.3. The second-order valence-electron chi connectivity index (χ2n) is 9.17. The number of aliphatic hydroxyl groups excluding tert-OH is 2. The zero-order valence-electron chi connectivity index (χ0n) is 25.5. The van der Waals surface area contributed by atoms with Crippen molar-refractivity contribution in [1.82, 2.24) is 9.44 Å². The van der Waals surface area contributed by atoms with Gasteiger partial charge in [-0.25, -0.2) is 31.1 Å². The number of nitrogens with one attached hydrogen (secondary N) is 2. The number of methoxy groups -OCH3 is 2. The quantitative estimate of drug-likeness (QED) is 0.0689. The van der Waals surface area contributed by atoms with Gasteiger partial charge in [-0.15, -0.1) is 0 Å². The molecule has 0 bridgehead atoms. The van der Waals surface area contributed by atoms with Crippen LogP contribution in [0.1, 0.15) is 24.0 Å². The molecule has 0 unspecified atom stereocenters. The zero-order valence-corrected chi connectivity index (χ0v) is 28.1. The molecular formula is C28H41N2O12PS2. The Bertz CT molecular complexity index is 1480. The Morgan fingerprint density at radius 3 is 1.56 bits per heavy atom. The van der Waals surface area contributed by atoms with Gasteiger partial charge in [-0.05, 0) is 44.5 Å². The second kappa shape index (κ2) is 21.5. The van der Waals surface area contributed by atoms with Crippen LogP contribution in [0, 0.1) is 13.8 Å². The molecule has 0 fully saturated rings. The van der Waals surface area contributed by atoms with Crippen LogP contribution in [-0.2, 0) is 48.5 Å². The van der Waals surface area contributed by atoms with Crippen molar-refractivity contribution < 1.29 is 55.5 Å². The molecule has 0 saturated heterocycles. The normalized spacial score (nSPS) is 11.4. The van der Waals surface area contributed by atoms with E-state index in [2.05, 4.69) is 18.9 Å². The van der Waals surface area contributed by atoms with Gasteiger partial charge >= 0.3 is 11.9 Å². The largest absolute Gasteiger partial charge is 0.469 e. The number of carbonyl (C=O) groups excluding carboxylic acids is 3. The van der Waals surface area contributed by atoms with Gasteiger partial charge in [-0.1, -0.05) is 41.5 Å². The lowest BCUT2D eigenvalue weighted by Crippen LogP contribution is -2.24. The molecule has 17 heteroatoms. The Balaban J connectivity index is 0.000000671. The van der Waals surface area contributed by atoms with E-state index in [9.17, 15) is 35.8 Å². The summed E-state index contributed by atoms with van der Waals surface area (Å²) in [5.41, 5.74) is 2.00. The van der Waals surface area contributed by atoms with E-state index in [0.29, 0.717) is 12.7 Å². The molecule has 2 aromatic carbocycles. The fraction of sp³-hybridized carbons (Fsp3) is 0.393. The van der Waals surface area contributed by atoms with Crippen molar-refractivity contribution >= 4 is 45.4 Å². The highest BCUT2D eigenvalue weighted by molar-refractivity contribution is 7.89. The number of aliphatic hydroxyl groups is 2. The van der Waals surface area contributed by atoms with Gasteiger partial charge in [0.05, 0.1) is 36.7 Å². The van der Waals surface area contributed by atoms with Gasteiger partial charge in [0.15, 0.2) is 0 Å². The molecule has 0 amide bonds. The van der Waals surface area contributed by atoms with Gasteiger partial charge in [0, 0.05) is 25.6 Å². The molecule has 252 valence electrons. The highest BCUT2D eigenvalue weighted by atomic mass is 32.2. The van der Waals surface area contributed by atoms with Crippen LogP contribution in [0.15, 0.2) is 70.5 Å². The number of esters is 2. The molecule has 0 aliphatic heterocycles. The van der Waals surface area contributed by atoms with Crippen molar-refractivity contribution in [3.05, 3.63) is 71.8 Å². The van der Waals surface area contributed by atoms with E-state index >= 15 is 0 Å². The van der Waals surface area contributed by atoms with E-state index in [4.69, 9.17) is 10.2 Å². The Hall–Kier alpha value is -3.24. The maximum atomic E-state index is 11.9. The van der Waals surface area contributed by atoms with E-state index in [-0.39, 0.29) is 29.3 Å². The molecule has 0 aliphatic rings. The summed E-state index contributed by atoms with van der Waals surface area (Å²) >= 11 is 0. The number of benzene rings is 2. The Labute approximate surface area is 264 Å². The molecule has 0 saturated carbocycles. The first-order valence-corrected chi connectivity index (χ1v) is 18.5. The molecule has 0 atom stereocenters. The maximum absolute atomic E-state index is 11.9. The molecule has 0 heterocycles. The molecule has 2 rings (SSSR count). The number of ether oxygens (including phenoxy) is 2. The van der Waals surface area contributed by atoms with E-state index < -0.39 is 58.0 Å². The summed E-state index contributed by atoms with van der Waals surface area (Å²) in [6, 6.07) is 13.1.